The molecule has 0 saturated heterocycles. The second-order valence-electron chi connectivity index (χ2n) is 5.32. The van der Waals surface area contributed by atoms with E-state index >= 15 is 0 Å². The summed E-state index contributed by atoms with van der Waals surface area (Å²) < 4.78 is 5.04. The maximum atomic E-state index is 12.2. The Morgan fingerprint density at radius 1 is 1.42 bits per heavy atom. The lowest BCUT2D eigenvalue weighted by Crippen LogP contribution is -2.29. The Morgan fingerprint density at radius 2 is 2.25 bits per heavy atom. The molecular weight excluding hydrogens is 322 g/mol. The molecule has 3 rings (SSSR count). The highest BCUT2D eigenvalue weighted by Gasteiger charge is 2.17. The summed E-state index contributed by atoms with van der Waals surface area (Å²) >= 11 is 1.46. The summed E-state index contributed by atoms with van der Waals surface area (Å²) in [5.41, 5.74) is 3.35. The van der Waals surface area contributed by atoms with Crippen LogP contribution < -0.4 is 5.32 Å². The summed E-state index contributed by atoms with van der Waals surface area (Å²) in [5.74, 6) is -0.228. The van der Waals surface area contributed by atoms with Gasteiger partial charge in [-0.2, -0.15) is 5.26 Å². The first kappa shape index (κ1) is 16.0. The monoisotopic (exact) mass is 337 g/mol. The van der Waals surface area contributed by atoms with Gasteiger partial charge in [0.25, 0.3) is 0 Å². The summed E-state index contributed by atoms with van der Waals surface area (Å²) in [6.07, 6.45) is 3.34. The fourth-order valence-corrected chi connectivity index (χ4v) is 3.18. The molecule has 1 amide bonds. The topological polar surface area (TPSA) is 78.9 Å². The van der Waals surface area contributed by atoms with E-state index in [1.165, 1.54) is 11.3 Å². The molecule has 0 unspecified atom stereocenters. The van der Waals surface area contributed by atoms with Gasteiger partial charge >= 0.3 is 0 Å². The van der Waals surface area contributed by atoms with E-state index in [9.17, 15) is 10.1 Å². The lowest BCUT2D eigenvalue weighted by molar-refractivity contribution is -0.120. The number of hydrogen-bond donors (Lipinski definition) is 1. The van der Waals surface area contributed by atoms with Gasteiger partial charge in [-0.15, -0.1) is 11.3 Å². The summed E-state index contributed by atoms with van der Waals surface area (Å²) in [6.45, 7) is 1.92. The minimum absolute atomic E-state index is 0.137. The molecule has 1 aromatic carbocycles. The molecule has 2 heterocycles. The van der Waals surface area contributed by atoms with Crippen LogP contribution in [-0.4, -0.2) is 10.9 Å². The summed E-state index contributed by atoms with van der Waals surface area (Å²) in [4.78, 5) is 16.7. The van der Waals surface area contributed by atoms with E-state index in [0.717, 1.165) is 21.7 Å². The average Bonchev–Trinajstić information content (AvgIpc) is 3.24. The second-order valence-corrected chi connectivity index (χ2v) is 6.18. The van der Waals surface area contributed by atoms with Crippen LogP contribution in [0.3, 0.4) is 0 Å². The highest BCUT2D eigenvalue weighted by molar-refractivity contribution is 7.13. The molecule has 24 heavy (non-hydrogen) atoms. The fraction of sp³-hybridized carbons (Fsp3) is 0.167. The molecule has 3 aromatic rings. The SMILES string of the molecule is Cc1ccccc1[C@H](C#N)NC(=O)Cc1csc(-c2ccoc2)n1. The number of carbonyl (C=O) groups is 1. The smallest absolute Gasteiger partial charge is 0.227 e. The zero-order valence-electron chi connectivity index (χ0n) is 13.0. The first-order chi connectivity index (χ1) is 11.7. The van der Waals surface area contributed by atoms with Crippen LogP contribution in [0.25, 0.3) is 10.6 Å². The number of nitrogens with zero attached hydrogens (tertiary/aromatic N) is 2. The van der Waals surface area contributed by atoms with E-state index in [0.29, 0.717) is 5.69 Å². The molecule has 0 aliphatic carbocycles. The van der Waals surface area contributed by atoms with Gasteiger partial charge in [0, 0.05) is 10.9 Å². The molecule has 120 valence electrons. The van der Waals surface area contributed by atoms with Gasteiger partial charge in [-0.3, -0.25) is 4.79 Å². The number of amides is 1. The van der Waals surface area contributed by atoms with Crippen LogP contribution in [0.15, 0.2) is 52.7 Å². The third-order valence-electron chi connectivity index (χ3n) is 3.60. The molecule has 0 aliphatic heterocycles. The van der Waals surface area contributed by atoms with Crippen LogP contribution in [0.4, 0.5) is 0 Å². The number of carbonyl (C=O) groups excluding carboxylic acids is 1. The molecular formula is C18H15N3O2S. The highest BCUT2D eigenvalue weighted by Crippen LogP contribution is 2.24. The zero-order chi connectivity index (χ0) is 16.9. The van der Waals surface area contributed by atoms with Crippen LogP contribution >= 0.6 is 11.3 Å². The Balaban J connectivity index is 1.67. The first-order valence-corrected chi connectivity index (χ1v) is 8.27. The number of hydrogen-bond acceptors (Lipinski definition) is 5. The maximum Gasteiger partial charge on any atom is 0.227 e. The van der Waals surface area contributed by atoms with E-state index in [1.54, 1.807) is 12.5 Å². The largest absolute Gasteiger partial charge is 0.472 e. The molecule has 0 saturated carbocycles. The average molecular weight is 337 g/mol. The number of aryl methyl sites for hydroxylation is 1. The van der Waals surface area contributed by atoms with Gasteiger partial charge < -0.3 is 9.73 Å². The van der Waals surface area contributed by atoms with Gasteiger partial charge in [0.1, 0.15) is 17.3 Å². The van der Waals surface area contributed by atoms with Crippen molar-refractivity contribution >= 4 is 17.2 Å². The van der Waals surface area contributed by atoms with Gasteiger partial charge in [-0.05, 0) is 24.1 Å². The van der Waals surface area contributed by atoms with Crippen LogP contribution in [0, 0.1) is 18.3 Å². The van der Waals surface area contributed by atoms with Crippen molar-refractivity contribution < 1.29 is 9.21 Å². The van der Waals surface area contributed by atoms with Crippen LogP contribution in [0.5, 0.6) is 0 Å². The number of aromatic nitrogens is 1. The van der Waals surface area contributed by atoms with Crippen molar-refractivity contribution in [3.8, 4) is 16.6 Å². The van der Waals surface area contributed by atoms with Crippen molar-refractivity contribution in [3.63, 3.8) is 0 Å². The number of nitriles is 1. The molecule has 1 atom stereocenters. The molecule has 5 nitrogen and oxygen atoms in total. The minimum Gasteiger partial charge on any atom is -0.472 e. The molecule has 0 spiro atoms. The Hall–Kier alpha value is -2.91. The van der Waals surface area contributed by atoms with Gasteiger partial charge in [0.05, 0.1) is 24.4 Å². The van der Waals surface area contributed by atoms with E-state index in [2.05, 4.69) is 16.4 Å². The molecule has 0 fully saturated rings. The van der Waals surface area contributed by atoms with Crippen LogP contribution in [-0.2, 0) is 11.2 Å². The normalized spacial score (nSPS) is 11.7. The second kappa shape index (κ2) is 7.11. The van der Waals surface area contributed by atoms with Crippen LogP contribution in [0.1, 0.15) is 22.9 Å². The molecule has 2 aromatic heterocycles. The van der Waals surface area contributed by atoms with Crippen molar-refractivity contribution in [1.82, 2.24) is 10.3 Å². The van der Waals surface area contributed by atoms with Gasteiger partial charge in [0.15, 0.2) is 0 Å². The third kappa shape index (κ3) is 3.53. The van der Waals surface area contributed by atoms with Crippen LogP contribution in [0.2, 0.25) is 0 Å². The number of rotatable bonds is 5. The number of benzene rings is 1. The van der Waals surface area contributed by atoms with Gasteiger partial charge in [-0.25, -0.2) is 4.98 Å². The number of furan rings is 1. The Kier molecular flexibility index (Phi) is 4.73. The molecule has 1 N–H and O–H groups in total. The zero-order valence-corrected chi connectivity index (χ0v) is 13.8. The number of thiazole rings is 1. The Bertz CT molecular complexity index is 878. The molecule has 0 bridgehead atoms. The van der Waals surface area contributed by atoms with Gasteiger partial charge in [-0.1, -0.05) is 24.3 Å². The lowest BCUT2D eigenvalue weighted by atomic mass is 10.0. The highest BCUT2D eigenvalue weighted by atomic mass is 32.1. The maximum absolute atomic E-state index is 12.2. The number of nitrogens with one attached hydrogen (secondary N) is 1. The lowest BCUT2D eigenvalue weighted by Gasteiger charge is -2.13. The van der Waals surface area contributed by atoms with E-state index in [4.69, 9.17) is 4.42 Å². The molecule has 0 radical (unpaired) electrons. The fourth-order valence-electron chi connectivity index (χ4n) is 2.37. The van der Waals surface area contributed by atoms with Crippen molar-refractivity contribution in [1.29, 1.82) is 5.26 Å². The Morgan fingerprint density at radius 3 is 2.96 bits per heavy atom. The molecule has 6 heteroatoms. The van der Waals surface area contributed by atoms with Gasteiger partial charge in [0.2, 0.25) is 5.91 Å². The van der Waals surface area contributed by atoms with Crippen molar-refractivity contribution in [2.75, 3.05) is 0 Å². The van der Waals surface area contributed by atoms with Crippen molar-refractivity contribution in [2.45, 2.75) is 19.4 Å². The minimum atomic E-state index is -0.661. The predicted octanol–water partition coefficient (Wildman–Crippen LogP) is 3.64. The summed E-state index contributed by atoms with van der Waals surface area (Å²) in [7, 11) is 0. The molecule has 0 aliphatic rings. The van der Waals surface area contributed by atoms with E-state index in [1.807, 2.05) is 42.6 Å². The predicted molar refractivity (Wildman–Crippen MR) is 91.2 cm³/mol. The summed E-state index contributed by atoms with van der Waals surface area (Å²) in [6, 6.07) is 10.8. The van der Waals surface area contributed by atoms with Crippen molar-refractivity contribution in [3.05, 3.63) is 65.1 Å². The van der Waals surface area contributed by atoms with Crippen molar-refractivity contribution in [2.24, 2.45) is 0 Å². The first-order valence-electron chi connectivity index (χ1n) is 7.39. The third-order valence-corrected chi connectivity index (χ3v) is 4.54. The quantitative estimate of drug-likeness (QED) is 0.771. The standard InChI is InChI=1S/C18H15N3O2S/c1-12-4-2-3-5-15(12)16(9-19)21-17(22)8-14-11-24-18(20-14)13-6-7-23-10-13/h2-7,10-11,16H,8H2,1H3,(H,21,22)/t16-/m0/s1. The summed E-state index contributed by atoms with van der Waals surface area (Å²) in [5, 5.41) is 14.8. The van der Waals surface area contributed by atoms with E-state index < -0.39 is 6.04 Å². The van der Waals surface area contributed by atoms with E-state index in [-0.39, 0.29) is 12.3 Å². The Labute approximate surface area is 143 Å².